The van der Waals surface area contributed by atoms with E-state index in [1.165, 1.54) is 0 Å². The topological polar surface area (TPSA) is 521 Å². The van der Waals surface area contributed by atoms with E-state index in [1.54, 1.807) is 35.0 Å². The second kappa shape index (κ2) is 68.5. The summed E-state index contributed by atoms with van der Waals surface area (Å²) in [5.74, 6) is -2.97. The van der Waals surface area contributed by atoms with Crippen LogP contribution in [0.3, 0.4) is 0 Å². The van der Waals surface area contributed by atoms with Crippen molar-refractivity contribution in [3.63, 3.8) is 0 Å². The molecule has 1 aliphatic carbocycles. The van der Waals surface area contributed by atoms with Crippen LogP contribution in [0.25, 0.3) is 0 Å². The van der Waals surface area contributed by atoms with Crippen molar-refractivity contribution in [1.82, 2.24) is 21.3 Å². The first kappa shape index (κ1) is 114. The van der Waals surface area contributed by atoms with Crippen LogP contribution in [0.2, 0.25) is 0 Å². The number of aliphatic hydroxyl groups excluding tert-OH is 9. The largest absolute Gasteiger partial charge is 0.466 e. The predicted octanol–water partition coefficient (Wildman–Crippen LogP) is 5.84. The lowest BCUT2D eigenvalue weighted by Gasteiger charge is -2.40. The van der Waals surface area contributed by atoms with Crippen molar-refractivity contribution in [3.05, 3.63) is 0 Å². The Labute approximate surface area is 751 Å². The summed E-state index contributed by atoms with van der Waals surface area (Å²) in [5.41, 5.74) is -0.769. The van der Waals surface area contributed by atoms with Gasteiger partial charge in [0.15, 0.2) is 24.7 Å². The predicted molar refractivity (Wildman–Crippen MR) is 463 cm³/mol. The Balaban J connectivity index is 1.26. The first-order valence-corrected chi connectivity index (χ1v) is 47.2. The normalized spacial score (nSPS) is 25.2. The summed E-state index contributed by atoms with van der Waals surface area (Å²) in [6.07, 6.45) is 6.47. The van der Waals surface area contributed by atoms with Gasteiger partial charge in [-0.2, -0.15) is 0 Å². The van der Waals surface area contributed by atoms with Gasteiger partial charge in [0.25, 0.3) is 0 Å². The van der Waals surface area contributed by atoms with Crippen molar-refractivity contribution in [2.24, 2.45) is 35.0 Å². The highest BCUT2D eigenvalue weighted by Gasteiger charge is 2.46. The lowest BCUT2D eigenvalue weighted by Crippen LogP contribution is -2.55. The number of carbonyl (C=O) groups is 10. The van der Waals surface area contributed by atoms with Crippen LogP contribution in [0.5, 0.6) is 0 Å². The van der Waals surface area contributed by atoms with Gasteiger partial charge in [-0.05, 0) is 133 Å². The lowest BCUT2D eigenvalue weighted by molar-refractivity contribution is -0.282. The Morgan fingerprint density at radius 2 is 0.756 bits per heavy atom. The number of hydrogen-bond acceptors (Lipinski definition) is 32. The number of hydrogen-bond donors (Lipinski definition) is 13. The third-order valence-corrected chi connectivity index (χ3v) is 24.4. The summed E-state index contributed by atoms with van der Waals surface area (Å²) in [4.78, 5) is 130. The van der Waals surface area contributed by atoms with Crippen molar-refractivity contribution < 1.29 is 155 Å². The van der Waals surface area contributed by atoms with Crippen molar-refractivity contribution in [1.29, 1.82) is 0 Å². The average molecular weight is 1820 g/mol. The lowest BCUT2D eigenvalue weighted by atomic mass is 9.71. The summed E-state index contributed by atoms with van der Waals surface area (Å²) < 4.78 is 73.1. The zero-order valence-corrected chi connectivity index (χ0v) is 76.6. The summed E-state index contributed by atoms with van der Waals surface area (Å²) in [7, 11) is 3.29. The smallest absolute Gasteiger partial charge is 0.407 e. The standard InChI is InChI=1S/C91H160N4O32/c1-63-81(108)84(111)73(58-96)125-87(63)121-46-23-31-67(99)29-15-9-6-14-22-44-95-90(114)124-51-28-41-91(39-26-49-119-79(106)35-16-10-7-12-20-42-92-76(103)33-24-47-122-88-64(2)82(109)85(112)74(59-97)126-88,40-27-50-120-80(107)36-17-11-8-13-21-43-93-77(104)34-25-48-123-89-65(3)83(110)86(113)75(60-98)127-89)57-68(100)37-38-78(105)94-45-52-117-53-54-118-62-69(101)30-18-19-32-72(102)71-56-70(116-5)55-66(71)61-115-4/h63-66,70-71,73-75,81-89,96-98,108-113H,6-62H2,1-5H3,(H,92,103)(H,93,104)(H,94,105)(H,95,114)/t63?,64?,65?,66-,70+,71?,73?,74?,75?,81?,82?,83?,84?,85?,86?,87?,88?,89?,91?/m1/s1. The molecule has 0 spiro atoms. The van der Waals surface area contributed by atoms with Crippen LogP contribution >= 0.6 is 0 Å². The number of aliphatic hydroxyl groups is 9. The first-order valence-electron chi connectivity index (χ1n) is 47.2. The summed E-state index contributed by atoms with van der Waals surface area (Å²) in [6.45, 7) is 6.65. The van der Waals surface area contributed by atoms with Gasteiger partial charge in [0.2, 0.25) is 17.7 Å². The fourth-order valence-electron chi connectivity index (χ4n) is 16.5. The minimum absolute atomic E-state index is 0.0103. The molecule has 4 amide bonds. The summed E-state index contributed by atoms with van der Waals surface area (Å²) >= 11 is 0. The Hall–Kier alpha value is -5.46. The number of esters is 2. The minimum Gasteiger partial charge on any atom is -0.466 e. The monoisotopic (exact) mass is 1820 g/mol. The average Bonchev–Trinajstić information content (AvgIpc) is 1.70. The van der Waals surface area contributed by atoms with Crippen LogP contribution in [0.1, 0.15) is 271 Å². The molecule has 4 aliphatic rings. The molecule has 3 saturated heterocycles. The van der Waals surface area contributed by atoms with E-state index in [0.717, 1.165) is 77.0 Å². The Kier molecular flexibility index (Phi) is 61.4. The van der Waals surface area contributed by atoms with E-state index < -0.39 is 123 Å². The van der Waals surface area contributed by atoms with E-state index in [-0.39, 0.29) is 188 Å². The molecule has 36 heteroatoms. The molecule has 0 aromatic heterocycles. The van der Waals surface area contributed by atoms with Gasteiger partial charge in [0.1, 0.15) is 60.6 Å². The highest BCUT2D eigenvalue weighted by atomic mass is 16.7. The number of Topliss-reactive ketones (excluding diaryl/α,β-unsaturated/α-hetero) is 4. The molecule has 16 unspecified atom stereocenters. The number of amides is 4. The molecule has 1 saturated carbocycles. The van der Waals surface area contributed by atoms with Crippen LogP contribution in [0, 0.1) is 35.0 Å². The van der Waals surface area contributed by atoms with E-state index in [2.05, 4.69) is 21.3 Å². The van der Waals surface area contributed by atoms with Crippen LogP contribution < -0.4 is 21.3 Å². The van der Waals surface area contributed by atoms with Gasteiger partial charge >= 0.3 is 18.0 Å². The number of unbranched alkanes of at least 4 members (excludes halogenated alkanes) is 13. The van der Waals surface area contributed by atoms with Crippen molar-refractivity contribution in [3.8, 4) is 0 Å². The highest BCUT2D eigenvalue weighted by molar-refractivity contribution is 5.85. The molecular weight excluding hydrogens is 1660 g/mol. The van der Waals surface area contributed by atoms with Gasteiger partial charge in [-0.15, -0.1) is 0 Å². The molecule has 0 radical (unpaired) electrons. The number of carbonyl (C=O) groups excluding carboxylic acids is 10. The maximum Gasteiger partial charge on any atom is 0.407 e. The van der Waals surface area contributed by atoms with Crippen molar-refractivity contribution in [2.75, 3.05) is 133 Å². The Bertz CT molecular complexity index is 2810. The molecule has 36 nitrogen and oxygen atoms in total. The van der Waals surface area contributed by atoms with Crippen LogP contribution in [-0.2, 0) is 105 Å². The minimum atomic E-state index is -1.23. The first-order chi connectivity index (χ1) is 61.2. The van der Waals surface area contributed by atoms with E-state index in [0.29, 0.717) is 155 Å². The van der Waals surface area contributed by atoms with Gasteiger partial charge in [-0.1, -0.05) is 78.6 Å². The highest BCUT2D eigenvalue weighted by Crippen LogP contribution is 2.41. The zero-order chi connectivity index (χ0) is 93.0. The maximum absolute atomic E-state index is 14.2. The maximum atomic E-state index is 14.2. The molecule has 736 valence electrons. The third kappa shape index (κ3) is 48.2. The fraction of sp³-hybridized carbons (Fsp3) is 0.890. The van der Waals surface area contributed by atoms with E-state index in [4.69, 9.17) is 61.6 Å². The van der Waals surface area contributed by atoms with E-state index in [9.17, 15) is 93.9 Å². The molecule has 3 heterocycles. The number of methoxy groups -OCH3 is 2. The summed E-state index contributed by atoms with van der Waals surface area (Å²) in [6, 6.07) is 0. The van der Waals surface area contributed by atoms with E-state index >= 15 is 0 Å². The Morgan fingerprint density at radius 1 is 0.362 bits per heavy atom. The van der Waals surface area contributed by atoms with Gasteiger partial charge in [-0.25, -0.2) is 4.79 Å². The number of ketones is 4. The second-order valence-electron chi connectivity index (χ2n) is 34.8. The fourth-order valence-corrected chi connectivity index (χ4v) is 16.5. The number of alkyl carbamates (subject to hydrolysis) is 1. The van der Waals surface area contributed by atoms with Gasteiger partial charge in [0, 0.05) is 141 Å². The molecule has 3 aliphatic heterocycles. The Morgan fingerprint density at radius 3 is 1.23 bits per heavy atom. The molecule has 4 rings (SSSR count). The zero-order valence-electron chi connectivity index (χ0n) is 76.6. The number of rotatable bonds is 76. The van der Waals surface area contributed by atoms with Crippen LogP contribution in [0.15, 0.2) is 0 Å². The molecule has 13 N–H and O–H groups in total. The van der Waals surface area contributed by atoms with Crippen molar-refractivity contribution >= 4 is 58.9 Å². The summed E-state index contributed by atoms with van der Waals surface area (Å²) in [5, 5.41) is 101. The molecule has 0 aromatic carbocycles. The van der Waals surface area contributed by atoms with Gasteiger partial charge in [0.05, 0.1) is 104 Å². The number of ether oxygens (including phenoxy) is 13. The van der Waals surface area contributed by atoms with Crippen molar-refractivity contribution in [2.45, 2.75) is 351 Å². The molecule has 18 atom stereocenters. The van der Waals surface area contributed by atoms with Gasteiger partial charge in [-0.3, -0.25) is 43.2 Å². The number of nitrogens with one attached hydrogen (secondary N) is 4. The third-order valence-electron chi connectivity index (χ3n) is 24.4. The van der Waals surface area contributed by atoms with E-state index in [1.807, 2.05) is 0 Å². The van der Waals surface area contributed by atoms with Gasteiger partial charge < -0.3 is 129 Å². The molecule has 127 heavy (non-hydrogen) atoms. The van der Waals surface area contributed by atoms with Crippen LogP contribution in [0.4, 0.5) is 4.79 Å². The van der Waals surface area contributed by atoms with Crippen LogP contribution in [-0.4, -0.2) is 318 Å². The second-order valence-corrected chi connectivity index (χ2v) is 34.8. The molecule has 0 aromatic rings. The molecular formula is C91H160N4O32. The quantitative estimate of drug-likeness (QED) is 0.0193. The SMILES string of the molecule is COC[C@H]1C[C@H](OC)CC1C(=O)CCCCC(=O)COCCOCCNC(=O)CCC(=O)CC(CCCOC(=O)CCCCCCCNC(=O)CCCOC1OC(CO)C(O)C(O)C1C)(CCCOC(=O)CCCCCCCNC(=O)CCCOC1OC(CO)C(O)C(O)C1C)CCCOC(=O)NCCCCCCCC(=O)CCCOC1OC(CO)C(O)C(O)C1C. The molecule has 0 bridgehead atoms. The molecule has 4 fully saturated rings.